The summed E-state index contributed by atoms with van der Waals surface area (Å²) in [7, 11) is 0. The normalized spacial score (nSPS) is 10.7. The molecule has 1 nitrogen and oxygen atoms in total. The van der Waals surface area contributed by atoms with Crippen molar-refractivity contribution in [2.24, 2.45) is 5.92 Å². The third-order valence-corrected chi connectivity index (χ3v) is 2.16. The molecule has 0 aliphatic carbocycles. The Morgan fingerprint density at radius 2 is 2.30 bits per heavy atom. The molecule has 0 unspecified atom stereocenters. The Kier molecular flexibility index (Phi) is 2.87. The van der Waals surface area contributed by atoms with E-state index >= 15 is 0 Å². The van der Waals surface area contributed by atoms with E-state index in [0.29, 0.717) is 0 Å². The third-order valence-electron chi connectivity index (χ3n) is 1.49. The number of thiazole rings is 1. The van der Waals surface area contributed by atoms with Crippen LogP contribution in [-0.2, 0) is 6.54 Å². The predicted octanol–water partition coefficient (Wildman–Crippen LogP) is 2.08. The van der Waals surface area contributed by atoms with Crippen molar-refractivity contribution < 1.29 is 4.57 Å². The van der Waals surface area contributed by atoms with Crippen molar-refractivity contribution in [3.8, 4) is 0 Å². The molecule has 0 aliphatic rings. The van der Waals surface area contributed by atoms with Crippen LogP contribution in [0.2, 0.25) is 0 Å². The quantitative estimate of drug-likeness (QED) is 0.590. The van der Waals surface area contributed by atoms with Gasteiger partial charge in [0.2, 0.25) is 5.51 Å². The van der Waals surface area contributed by atoms with Crippen LogP contribution in [0, 0.1) is 5.92 Å². The van der Waals surface area contributed by atoms with E-state index in [1.165, 1.54) is 13.0 Å². The fourth-order valence-corrected chi connectivity index (χ4v) is 1.43. The SMILES string of the molecule is CC(C)CC[n+]1ccsc1. The zero-order valence-electron chi connectivity index (χ0n) is 6.58. The van der Waals surface area contributed by atoms with Gasteiger partial charge in [0.1, 0.15) is 6.54 Å². The highest BCUT2D eigenvalue weighted by molar-refractivity contribution is 7.07. The van der Waals surface area contributed by atoms with Crippen molar-refractivity contribution in [1.82, 2.24) is 0 Å². The van der Waals surface area contributed by atoms with Crippen LogP contribution in [0.25, 0.3) is 0 Å². The summed E-state index contributed by atoms with van der Waals surface area (Å²) in [6.07, 6.45) is 3.41. The second-order valence-electron chi connectivity index (χ2n) is 2.95. The Morgan fingerprint density at radius 1 is 1.50 bits per heavy atom. The minimum atomic E-state index is 0.812. The molecule has 1 aromatic heterocycles. The summed E-state index contributed by atoms with van der Waals surface area (Å²) < 4.78 is 2.24. The van der Waals surface area contributed by atoms with E-state index < -0.39 is 0 Å². The second-order valence-corrected chi connectivity index (χ2v) is 3.70. The third kappa shape index (κ3) is 2.48. The Hall–Kier alpha value is -0.370. The van der Waals surface area contributed by atoms with Gasteiger partial charge in [-0.1, -0.05) is 25.2 Å². The molecule has 0 aliphatic heterocycles. The maximum atomic E-state index is 2.26. The summed E-state index contributed by atoms with van der Waals surface area (Å²) in [6, 6.07) is 0. The first kappa shape index (κ1) is 7.73. The Morgan fingerprint density at radius 3 is 2.80 bits per heavy atom. The molecule has 56 valence electrons. The first-order chi connectivity index (χ1) is 4.79. The van der Waals surface area contributed by atoms with E-state index in [-0.39, 0.29) is 0 Å². The summed E-state index contributed by atoms with van der Waals surface area (Å²) in [6.45, 7) is 5.68. The van der Waals surface area contributed by atoms with E-state index in [1.807, 2.05) is 0 Å². The fraction of sp³-hybridized carbons (Fsp3) is 0.625. The molecule has 0 aromatic carbocycles. The van der Waals surface area contributed by atoms with Crippen LogP contribution in [0.3, 0.4) is 0 Å². The van der Waals surface area contributed by atoms with E-state index in [9.17, 15) is 0 Å². The molecular formula is C8H14NS+. The van der Waals surface area contributed by atoms with Gasteiger partial charge in [0, 0.05) is 6.42 Å². The summed E-state index contributed by atoms with van der Waals surface area (Å²) in [5.74, 6) is 0.812. The van der Waals surface area contributed by atoms with Crippen LogP contribution in [0.5, 0.6) is 0 Å². The minimum Gasteiger partial charge on any atom is -0.195 e. The second kappa shape index (κ2) is 3.71. The maximum Gasteiger partial charge on any atom is 0.224 e. The van der Waals surface area contributed by atoms with Crippen LogP contribution in [-0.4, -0.2) is 0 Å². The van der Waals surface area contributed by atoms with Gasteiger partial charge in [-0.2, -0.15) is 4.57 Å². The number of nitrogens with zero attached hydrogens (tertiary/aromatic N) is 1. The standard InChI is InChI=1S/C8H14NS/c1-8(2)3-4-9-5-6-10-7-9/h5-8H,3-4H2,1-2H3/q+1. The number of aryl methyl sites for hydroxylation is 1. The van der Waals surface area contributed by atoms with Crippen molar-refractivity contribution >= 4 is 11.3 Å². The number of aromatic nitrogens is 1. The summed E-state index contributed by atoms with van der Waals surface area (Å²) in [5.41, 5.74) is 2.16. The summed E-state index contributed by atoms with van der Waals surface area (Å²) in [5, 5.41) is 2.11. The molecule has 1 rings (SSSR count). The largest absolute Gasteiger partial charge is 0.224 e. The lowest BCUT2D eigenvalue weighted by Crippen LogP contribution is -2.30. The van der Waals surface area contributed by atoms with E-state index in [1.54, 1.807) is 11.3 Å². The number of hydrogen-bond acceptors (Lipinski definition) is 1. The van der Waals surface area contributed by atoms with Gasteiger partial charge in [-0.25, -0.2) is 0 Å². The molecule has 1 aromatic rings. The molecule has 10 heavy (non-hydrogen) atoms. The van der Waals surface area contributed by atoms with Crippen molar-refractivity contribution in [3.05, 3.63) is 17.1 Å². The van der Waals surface area contributed by atoms with Crippen LogP contribution < -0.4 is 4.57 Å². The highest BCUT2D eigenvalue weighted by Crippen LogP contribution is 1.98. The molecule has 2 heteroatoms. The van der Waals surface area contributed by atoms with Crippen molar-refractivity contribution in [2.75, 3.05) is 0 Å². The number of hydrogen-bond donors (Lipinski definition) is 0. The van der Waals surface area contributed by atoms with Gasteiger partial charge < -0.3 is 0 Å². The molecule has 0 amide bonds. The molecule has 0 spiro atoms. The lowest BCUT2D eigenvalue weighted by atomic mass is 10.1. The van der Waals surface area contributed by atoms with Gasteiger partial charge in [-0.05, 0) is 5.92 Å². The minimum absolute atomic E-state index is 0.812. The van der Waals surface area contributed by atoms with Crippen molar-refractivity contribution in [2.45, 2.75) is 26.8 Å². The van der Waals surface area contributed by atoms with Gasteiger partial charge in [-0.3, -0.25) is 0 Å². The first-order valence-electron chi connectivity index (χ1n) is 3.70. The van der Waals surface area contributed by atoms with Crippen LogP contribution in [0.1, 0.15) is 20.3 Å². The van der Waals surface area contributed by atoms with E-state index in [4.69, 9.17) is 0 Å². The van der Waals surface area contributed by atoms with Crippen molar-refractivity contribution in [1.29, 1.82) is 0 Å². The highest BCUT2D eigenvalue weighted by atomic mass is 32.1. The average molecular weight is 156 g/mol. The highest BCUT2D eigenvalue weighted by Gasteiger charge is 2.00. The van der Waals surface area contributed by atoms with Crippen LogP contribution >= 0.6 is 11.3 Å². The van der Waals surface area contributed by atoms with E-state index in [0.717, 1.165) is 5.92 Å². The van der Waals surface area contributed by atoms with Gasteiger partial charge >= 0.3 is 0 Å². The summed E-state index contributed by atoms with van der Waals surface area (Å²) >= 11 is 1.75. The number of rotatable bonds is 3. The van der Waals surface area contributed by atoms with Gasteiger partial charge in [-0.15, -0.1) is 0 Å². The van der Waals surface area contributed by atoms with Crippen LogP contribution in [0.15, 0.2) is 17.1 Å². The molecule has 0 radical (unpaired) electrons. The first-order valence-corrected chi connectivity index (χ1v) is 4.64. The molecule has 0 N–H and O–H groups in total. The topological polar surface area (TPSA) is 3.88 Å². The van der Waals surface area contributed by atoms with Gasteiger partial charge in [0.25, 0.3) is 0 Å². The maximum absolute atomic E-state index is 2.26. The lowest BCUT2D eigenvalue weighted by molar-refractivity contribution is -0.693. The van der Waals surface area contributed by atoms with Gasteiger partial charge in [0.15, 0.2) is 6.20 Å². The zero-order valence-corrected chi connectivity index (χ0v) is 7.40. The smallest absolute Gasteiger partial charge is 0.195 e. The van der Waals surface area contributed by atoms with E-state index in [2.05, 4.69) is 35.5 Å². The predicted molar refractivity (Wildman–Crippen MR) is 44.0 cm³/mol. The monoisotopic (exact) mass is 156 g/mol. The molecule has 0 bridgehead atoms. The lowest BCUT2D eigenvalue weighted by Gasteiger charge is -1.97. The average Bonchev–Trinajstić information content (AvgIpc) is 2.34. The molecule has 0 saturated carbocycles. The Balaban J connectivity index is 2.28. The molecule has 0 fully saturated rings. The van der Waals surface area contributed by atoms with Crippen molar-refractivity contribution in [3.63, 3.8) is 0 Å². The molecular weight excluding hydrogens is 142 g/mol. The zero-order chi connectivity index (χ0) is 7.40. The molecule has 0 atom stereocenters. The van der Waals surface area contributed by atoms with Gasteiger partial charge in [0.05, 0.1) is 5.38 Å². The molecule has 1 heterocycles. The van der Waals surface area contributed by atoms with Crippen LogP contribution in [0.4, 0.5) is 0 Å². The Labute approximate surface area is 66.3 Å². The summed E-state index contributed by atoms with van der Waals surface area (Å²) in [4.78, 5) is 0. The molecule has 0 saturated heterocycles. The Bertz CT molecular complexity index is 167. The fourth-order valence-electron chi connectivity index (χ4n) is 0.796.